The van der Waals surface area contributed by atoms with Gasteiger partial charge < -0.3 is 10.7 Å². The highest BCUT2D eigenvalue weighted by Crippen LogP contribution is 2.13. The van der Waals surface area contributed by atoms with E-state index in [0.717, 1.165) is 9.26 Å². The molecular formula is C12H11IN4O. The molecule has 0 aliphatic carbocycles. The highest BCUT2D eigenvalue weighted by molar-refractivity contribution is 14.1. The number of rotatable bonds is 3. The highest BCUT2D eigenvalue weighted by atomic mass is 127. The number of nitrogens with two attached hydrogens (primary N) is 1. The van der Waals surface area contributed by atoms with Crippen molar-refractivity contribution >= 4 is 39.9 Å². The number of hydrogen-bond donors (Lipinski definition) is 3. The van der Waals surface area contributed by atoms with Crippen molar-refractivity contribution in [2.75, 3.05) is 10.7 Å². The molecule has 0 spiro atoms. The molecule has 0 bridgehead atoms. The van der Waals surface area contributed by atoms with Gasteiger partial charge in [0.15, 0.2) is 0 Å². The Bertz CT molecular complexity index is 556. The molecule has 4 N–H and O–H groups in total. The van der Waals surface area contributed by atoms with Crippen molar-refractivity contribution < 1.29 is 4.79 Å². The van der Waals surface area contributed by atoms with E-state index < -0.39 is 0 Å². The maximum atomic E-state index is 11.9. The number of anilines is 2. The van der Waals surface area contributed by atoms with Gasteiger partial charge in [0.1, 0.15) is 5.69 Å². The van der Waals surface area contributed by atoms with E-state index >= 15 is 0 Å². The number of nitrogens with one attached hydrogen (secondary N) is 2. The van der Waals surface area contributed by atoms with E-state index in [1.807, 2.05) is 24.3 Å². The summed E-state index contributed by atoms with van der Waals surface area (Å²) in [6, 6.07) is 10.8. The minimum Gasteiger partial charge on any atom is -0.323 e. The summed E-state index contributed by atoms with van der Waals surface area (Å²) in [6.07, 6.45) is 1.50. The van der Waals surface area contributed by atoms with Gasteiger partial charge in [-0.2, -0.15) is 0 Å². The minimum absolute atomic E-state index is 0.249. The molecule has 1 aromatic heterocycles. The van der Waals surface area contributed by atoms with E-state index in [-0.39, 0.29) is 5.91 Å². The minimum atomic E-state index is -0.249. The van der Waals surface area contributed by atoms with Gasteiger partial charge in [0.25, 0.3) is 5.91 Å². The van der Waals surface area contributed by atoms with Crippen LogP contribution in [0.5, 0.6) is 0 Å². The number of nitrogen functional groups attached to an aromatic ring is 1. The van der Waals surface area contributed by atoms with Crippen LogP contribution in [-0.4, -0.2) is 10.9 Å². The van der Waals surface area contributed by atoms with Gasteiger partial charge in [0.05, 0.1) is 11.9 Å². The van der Waals surface area contributed by atoms with Crippen LogP contribution in [0.2, 0.25) is 0 Å². The second-order valence-corrected chi connectivity index (χ2v) is 4.79. The van der Waals surface area contributed by atoms with Crippen LogP contribution in [0.25, 0.3) is 0 Å². The third-order valence-electron chi connectivity index (χ3n) is 2.25. The number of nitrogens with zero attached hydrogens (tertiary/aromatic N) is 1. The molecule has 2 aromatic rings. The Hall–Kier alpha value is -1.67. The first-order valence-electron chi connectivity index (χ1n) is 5.18. The molecule has 5 nitrogen and oxygen atoms in total. The third kappa shape index (κ3) is 3.17. The fourth-order valence-corrected chi connectivity index (χ4v) is 1.92. The van der Waals surface area contributed by atoms with Gasteiger partial charge in [-0.15, -0.1) is 0 Å². The number of pyridine rings is 1. The standard InChI is InChI=1S/C12H11IN4O/c13-8-2-1-3-9(6-8)16-12(18)11-5-4-10(17-14)7-15-11/h1-7,17H,14H2,(H,16,18). The van der Waals surface area contributed by atoms with Crippen LogP contribution < -0.4 is 16.6 Å². The molecule has 0 aliphatic rings. The van der Waals surface area contributed by atoms with Crippen LogP contribution in [0.3, 0.4) is 0 Å². The number of amides is 1. The molecule has 1 aromatic carbocycles. The first kappa shape index (κ1) is 12.8. The monoisotopic (exact) mass is 354 g/mol. The van der Waals surface area contributed by atoms with Gasteiger partial charge in [-0.1, -0.05) is 6.07 Å². The molecule has 0 radical (unpaired) electrons. The van der Waals surface area contributed by atoms with Crippen LogP contribution >= 0.6 is 22.6 Å². The number of aromatic nitrogens is 1. The smallest absolute Gasteiger partial charge is 0.274 e. The van der Waals surface area contributed by atoms with Crippen LogP contribution in [0, 0.1) is 3.57 Å². The van der Waals surface area contributed by atoms with Crippen LogP contribution in [-0.2, 0) is 0 Å². The van der Waals surface area contributed by atoms with E-state index in [2.05, 4.69) is 38.3 Å². The highest BCUT2D eigenvalue weighted by Gasteiger charge is 2.07. The number of benzene rings is 1. The largest absolute Gasteiger partial charge is 0.323 e. The molecule has 0 saturated heterocycles. The van der Waals surface area contributed by atoms with Crippen molar-refractivity contribution in [3.63, 3.8) is 0 Å². The van der Waals surface area contributed by atoms with Gasteiger partial charge in [-0.25, -0.2) is 4.98 Å². The van der Waals surface area contributed by atoms with E-state index in [4.69, 9.17) is 5.84 Å². The Morgan fingerprint density at radius 2 is 2.06 bits per heavy atom. The average Bonchev–Trinajstić information content (AvgIpc) is 2.39. The summed E-state index contributed by atoms with van der Waals surface area (Å²) in [5.74, 6) is 4.98. The summed E-state index contributed by atoms with van der Waals surface area (Å²) in [7, 11) is 0. The van der Waals surface area contributed by atoms with Crippen molar-refractivity contribution in [2.45, 2.75) is 0 Å². The van der Waals surface area contributed by atoms with Crippen molar-refractivity contribution in [3.8, 4) is 0 Å². The quantitative estimate of drug-likeness (QED) is 0.449. The molecule has 0 aliphatic heterocycles. The topological polar surface area (TPSA) is 80.0 Å². The number of hydrogen-bond acceptors (Lipinski definition) is 4. The molecular weight excluding hydrogens is 343 g/mol. The van der Waals surface area contributed by atoms with Crippen LogP contribution in [0.1, 0.15) is 10.5 Å². The molecule has 0 saturated carbocycles. The summed E-state index contributed by atoms with van der Waals surface area (Å²) in [6.45, 7) is 0. The normalized spacial score (nSPS) is 9.89. The Kier molecular flexibility index (Phi) is 4.11. The fraction of sp³-hybridized carbons (Fsp3) is 0. The summed E-state index contributed by atoms with van der Waals surface area (Å²) in [4.78, 5) is 15.9. The van der Waals surface area contributed by atoms with Gasteiger partial charge >= 0.3 is 0 Å². The van der Waals surface area contributed by atoms with Gasteiger partial charge in [-0.3, -0.25) is 10.6 Å². The number of halogens is 1. The lowest BCUT2D eigenvalue weighted by Gasteiger charge is -2.05. The third-order valence-corrected chi connectivity index (χ3v) is 2.92. The summed E-state index contributed by atoms with van der Waals surface area (Å²) in [5.41, 5.74) is 4.19. The van der Waals surface area contributed by atoms with E-state index in [0.29, 0.717) is 11.4 Å². The first-order valence-corrected chi connectivity index (χ1v) is 6.26. The predicted molar refractivity (Wildman–Crippen MR) is 79.2 cm³/mol. The molecule has 2 rings (SSSR count). The van der Waals surface area contributed by atoms with Crippen LogP contribution in [0.15, 0.2) is 42.6 Å². The lowest BCUT2D eigenvalue weighted by Crippen LogP contribution is -2.14. The summed E-state index contributed by atoms with van der Waals surface area (Å²) < 4.78 is 1.06. The molecule has 18 heavy (non-hydrogen) atoms. The van der Waals surface area contributed by atoms with E-state index in [1.165, 1.54) is 6.20 Å². The number of carbonyl (C=O) groups is 1. The lowest BCUT2D eigenvalue weighted by molar-refractivity contribution is 0.102. The lowest BCUT2D eigenvalue weighted by atomic mass is 10.3. The Balaban J connectivity index is 2.11. The number of carbonyl (C=O) groups excluding carboxylic acids is 1. The summed E-state index contributed by atoms with van der Waals surface area (Å²) in [5, 5.41) is 2.78. The summed E-state index contributed by atoms with van der Waals surface area (Å²) >= 11 is 2.19. The van der Waals surface area contributed by atoms with Crippen molar-refractivity contribution in [1.29, 1.82) is 0 Å². The molecule has 0 fully saturated rings. The predicted octanol–water partition coefficient (Wildman–Crippen LogP) is 2.22. The van der Waals surface area contributed by atoms with Gasteiger partial charge in [0.2, 0.25) is 0 Å². The molecule has 1 heterocycles. The second kappa shape index (κ2) is 5.78. The fourth-order valence-electron chi connectivity index (χ4n) is 1.37. The zero-order valence-electron chi connectivity index (χ0n) is 9.35. The van der Waals surface area contributed by atoms with Crippen molar-refractivity contribution in [2.24, 2.45) is 5.84 Å². The molecule has 6 heteroatoms. The van der Waals surface area contributed by atoms with Crippen LogP contribution in [0.4, 0.5) is 11.4 Å². The molecule has 1 amide bonds. The number of hydrazine groups is 1. The molecule has 0 atom stereocenters. The maximum absolute atomic E-state index is 11.9. The van der Waals surface area contributed by atoms with E-state index in [9.17, 15) is 4.79 Å². The maximum Gasteiger partial charge on any atom is 0.274 e. The Labute approximate surface area is 118 Å². The zero-order chi connectivity index (χ0) is 13.0. The van der Waals surface area contributed by atoms with Crippen molar-refractivity contribution in [1.82, 2.24) is 4.98 Å². The van der Waals surface area contributed by atoms with Gasteiger partial charge in [0, 0.05) is 9.26 Å². The average molecular weight is 354 g/mol. The zero-order valence-corrected chi connectivity index (χ0v) is 11.5. The Morgan fingerprint density at radius 3 is 2.67 bits per heavy atom. The Morgan fingerprint density at radius 1 is 1.22 bits per heavy atom. The van der Waals surface area contributed by atoms with E-state index in [1.54, 1.807) is 12.1 Å². The SMILES string of the molecule is NNc1ccc(C(=O)Nc2cccc(I)c2)nc1. The molecule has 92 valence electrons. The second-order valence-electron chi connectivity index (χ2n) is 3.54. The molecule has 0 unspecified atom stereocenters. The van der Waals surface area contributed by atoms with Gasteiger partial charge in [-0.05, 0) is 52.9 Å². The van der Waals surface area contributed by atoms with Crippen molar-refractivity contribution in [3.05, 3.63) is 51.9 Å². The first-order chi connectivity index (χ1) is 8.69.